The minimum Gasteiger partial charge on any atom is -0.481 e. The molecule has 6 rings (SSSR count). The molecule has 0 fully saturated rings. The van der Waals surface area contributed by atoms with Gasteiger partial charge in [0.25, 0.3) is 20.2 Å². The molecule has 0 aromatic heterocycles. The van der Waals surface area contributed by atoms with Gasteiger partial charge in [0.15, 0.2) is 5.71 Å². The van der Waals surface area contributed by atoms with Crippen LogP contribution in [-0.2, 0) is 42.3 Å². The number of nitrogens with zero attached hydrogens (tertiary/aromatic N) is 2. The highest BCUT2D eigenvalue weighted by Crippen LogP contribution is 2.49. The molecule has 3 N–H and O–H groups in total. The van der Waals surface area contributed by atoms with Crippen LogP contribution in [0.1, 0.15) is 122 Å². The summed E-state index contributed by atoms with van der Waals surface area (Å²) in [6, 6.07) is 17.2. The molecular formula is C49H61N2O9S2+. The molecule has 0 spiro atoms. The lowest BCUT2D eigenvalue weighted by Gasteiger charge is -2.27. The van der Waals surface area contributed by atoms with Gasteiger partial charge in [-0.1, -0.05) is 65.2 Å². The molecular weight excluding hydrogens is 825 g/mol. The number of allylic oxidation sites excluding steroid dienone is 7. The van der Waals surface area contributed by atoms with Crippen LogP contribution >= 0.6 is 0 Å². The van der Waals surface area contributed by atoms with Gasteiger partial charge in [-0.2, -0.15) is 21.4 Å². The highest BCUT2D eigenvalue weighted by Gasteiger charge is 2.45. The lowest BCUT2D eigenvalue weighted by Crippen LogP contribution is -2.28. The Bertz CT molecular complexity index is 2580. The van der Waals surface area contributed by atoms with E-state index in [1.54, 1.807) is 24.3 Å². The molecule has 332 valence electrons. The number of hydrogen-bond donors (Lipinski definition) is 3. The molecule has 0 saturated heterocycles. The highest BCUT2D eigenvalue weighted by atomic mass is 32.2. The van der Waals surface area contributed by atoms with Crippen molar-refractivity contribution in [2.45, 2.75) is 133 Å². The number of fused-ring (bicyclic) bond motifs is 2. The maximum atomic E-state index is 12.2. The molecule has 0 saturated carbocycles. The zero-order chi connectivity index (χ0) is 45.0. The van der Waals surface area contributed by atoms with E-state index >= 15 is 0 Å². The minimum absolute atomic E-state index is 0.0281. The SMILES string of the molecule is CCCCCN1/C(=C/C=C2\CCCC(/C=C/C3=[N+](CCCCC)c4ccc(S(=O)(=O)O)cc4C3(C)C)=C2Oc2ccc(CCC(=O)O)cc2)C(C)(C)c2cc(S(=O)(=O)O)ccc21. The number of carboxylic acids is 1. The highest BCUT2D eigenvalue weighted by molar-refractivity contribution is 7.86. The summed E-state index contributed by atoms with van der Waals surface area (Å²) in [4.78, 5) is 13.2. The van der Waals surface area contributed by atoms with Crippen LogP contribution in [0.3, 0.4) is 0 Å². The van der Waals surface area contributed by atoms with Crippen LogP contribution in [-0.4, -0.2) is 60.4 Å². The van der Waals surface area contributed by atoms with Crippen LogP contribution in [0, 0.1) is 0 Å². The average Bonchev–Trinajstić information content (AvgIpc) is 3.56. The van der Waals surface area contributed by atoms with Gasteiger partial charge in [0, 0.05) is 53.9 Å². The molecule has 3 aliphatic rings. The van der Waals surface area contributed by atoms with Crippen LogP contribution < -0.4 is 9.64 Å². The molecule has 0 atom stereocenters. The fourth-order valence-corrected chi connectivity index (χ4v) is 9.97. The smallest absolute Gasteiger partial charge is 0.303 e. The lowest BCUT2D eigenvalue weighted by molar-refractivity contribution is -0.438. The van der Waals surface area contributed by atoms with Gasteiger partial charge in [-0.3, -0.25) is 13.9 Å². The third-order valence-electron chi connectivity index (χ3n) is 12.4. The Morgan fingerprint density at radius 2 is 1.44 bits per heavy atom. The van der Waals surface area contributed by atoms with E-state index in [9.17, 15) is 35.8 Å². The number of carboxylic acid groups (broad SMARTS) is 1. The van der Waals surface area contributed by atoms with Gasteiger partial charge in [0.2, 0.25) is 5.69 Å². The molecule has 1 aliphatic carbocycles. The van der Waals surface area contributed by atoms with E-state index in [1.807, 2.05) is 24.3 Å². The largest absolute Gasteiger partial charge is 0.481 e. The maximum Gasteiger partial charge on any atom is 0.303 e. The number of aliphatic carboxylic acids is 1. The Kier molecular flexibility index (Phi) is 14.2. The second kappa shape index (κ2) is 18.9. The molecule has 2 aliphatic heterocycles. The quantitative estimate of drug-likeness (QED) is 0.0637. The van der Waals surface area contributed by atoms with E-state index in [0.29, 0.717) is 17.9 Å². The molecule has 0 amide bonds. The first-order valence-electron chi connectivity index (χ1n) is 21.8. The zero-order valence-corrected chi connectivity index (χ0v) is 38.4. The van der Waals surface area contributed by atoms with Crippen LogP contribution in [0.15, 0.2) is 117 Å². The third kappa shape index (κ3) is 10.2. The van der Waals surface area contributed by atoms with Gasteiger partial charge >= 0.3 is 5.97 Å². The van der Waals surface area contributed by atoms with Crippen LogP contribution in [0.2, 0.25) is 0 Å². The maximum absolute atomic E-state index is 12.2. The third-order valence-corrected chi connectivity index (χ3v) is 14.1. The predicted octanol–water partition coefficient (Wildman–Crippen LogP) is 10.6. The summed E-state index contributed by atoms with van der Waals surface area (Å²) in [5, 5.41) is 9.23. The molecule has 3 aromatic carbocycles. The predicted molar refractivity (Wildman–Crippen MR) is 244 cm³/mol. The first-order chi connectivity index (χ1) is 29.3. The van der Waals surface area contributed by atoms with Crippen molar-refractivity contribution in [3.63, 3.8) is 0 Å². The Morgan fingerprint density at radius 1 is 0.790 bits per heavy atom. The molecule has 3 aromatic rings. The molecule has 11 nitrogen and oxygen atoms in total. The topological polar surface area (TPSA) is 162 Å². The van der Waals surface area contributed by atoms with E-state index in [1.165, 1.54) is 12.1 Å². The first-order valence-corrected chi connectivity index (χ1v) is 24.6. The average molecular weight is 886 g/mol. The van der Waals surface area contributed by atoms with Gasteiger partial charge in [-0.25, -0.2) is 0 Å². The van der Waals surface area contributed by atoms with E-state index in [-0.39, 0.29) is 16.2 Å². The standard InChI is InChI=1S/C49H60N2O9S2/c1-7-9-11-30-50-42-25-23-38(61(54,55)56)32-40(42)48(3,4)44(50)27-19-35-14-13-15-36(47(35)60-37-21-16-34(17-22-37)18-29-46(52)53)20-28-45-49(5,6)41-33-39(62(57,58)59)24-26-43(41)51(45)31-12-10-8-2/h16-17,19-28,32-33H,7-15,18,29-31H2,1-6H3,(H2-,52,53,54,55,56,57,58,59)/p+1. The van der Waals surface area contributed by atoms with Gasteiger partial charge < -0.3 is 14.7 Å². The Morgan fingerprint density at radius 3 is 2.08 bits per heavy atom. The van der Waals surface area contributed by atoms with Gasteiger partial charge in [0.05, 0.1) is 15.2 Å². The summed E-state index contributed by atoms with van der Waals surface area (Å²) in [6.07, 6.45) is 17.3. The normalized spacial score (nSPS) is 18.6. The van der Waals surface area contributed by atoms with E-state index in [0.717, 1.165) is 121 Å². The fraction of sp³-hybridized carbons (Fsp3) is 0.429. The number of benzene rings is 3. The molecule has 2 heterocycles. The number of carbonyl (C=O) groups is 1. The Hall–Kier alpha value is -4.82. The van der Waals surface area contributed by atoms with Crippen LogP contribution in [0.4, 0.5) is 11.4 Å². The Labute approximate surface area is 367 Å². The van der Waals surface area contributed by atoms with Crippen molar-refractivity contribution in [2.75, 3.05) is 18.0 Å². The van der Waals surface area contributed by atoms with Gasteiger partial charge in [-0.15, -0.1) is 0 Å². The zero-order valence-electron chi connectivity index (χ0n) is 36.8. The van der Waals surface area contributed by atoms with Crippen molar-refractivity contribution in [2.24, 2.45) is 0 Å². The van der Waals surface area contributed by atoms with Gasteiger partial charge in [-0.05, 0) is 129 Å². The summed E-state index contributed by atoms with van der Waals surface area (Å²) in [5.74, 6) is 0.462. The van der Waals surface area contributed by atoms with Crippen molar-refractivity contribution in [3.05, 3.63) is 124 Å². The Balaban J connectivity index is 1.47. The molecule has 0 radical (unpaired) electrons. The summed E-state index contributed by atoms with van der Waals surface area (Å²) < 4.78 is 77.9. The molecule has 13 heteroatoms. The molecule has 0 bridgehead atoms. The van der Waals surface area contributed by atoms with Crippen molar-refractivity contribution < 1.29 is 45.2 Å². The summed E-state index contributed by atoms with van der Waals surface area (Å²) in [5.41, 5.74) is 7.13. The summed E-state index contributed by atoms with van der Waals surface area (Å²) in [7, 11) is -8.82. The van der Waals surface area contributed by atoms with Crippen LogP contribution in [0.25, 0.3) is 0 Å². The monoisotopic (exact) mass is 885 g/mol. The van der Waals surface area contributed by atoms with Crippen molar-refractivity contribution in [1.82, 2.24) is 0 Å². The number of ether oxygens (including phenoxy) is 1. The molecule has 0 unspecified atom stereocenters. The van der Waals surface area contributed by atoms with E-state index < -0.39 is 37.0 Å². The van der Waals surface area contributed by atoms with Crippen molar-refractivity contribution in [1.29, 1.82) is 0 Å². The number of aryl methyl sites for hydroxylation is 1. The second-order valence-corrected chi connectivity index (χ2v) is 20.4. The lowest BCUT2D eigenvalue weighted by atomic mass is 9.81. The van der Waals surface area contributed by atoms with Crippen molar-refractivity contribution in [3.8, 4) is 5.75 Å². The minimum atomic E-state index is -4.41. The van der Waals surface area contributed by atoms with E-state index in [4.69, 9.17) is 4.74 Å². The summed E-state index contributed by atoms with van der Waals surface area (Å²) >= 11 is 0. The number of hydrogen-bond acceptors (Lipinski definition) is 7. The van der Waals surface area contributed by atoms with Crippen LogP contribution in [0.5, 0.6) is 5.75 Å². The molecule has 62 heavy (non-hydrogen) atoms. The first kappa shape index (κ1) is 46.7. The fourth-order valence-electron chi connectivity index (χ4n) is 8.96. The number of unbranched alkanes of at least 4 members (excludes halogenated alkanes) is 4. The number of anilines is 1. The summed E-state index contributed by atoms with van der Waals surface area (Å²) in [6.45, 7) is 14.1. The van der Waals surface area contributed by atoms with Gasteiger partial charge in [0.1, 0.15) is 18.1 Å². The second-order valence-electron chi connectivity index (χ2n) is 17.6. The van der Waals surface area contributed by atoms with E-state index in [2.05, 4.69) is 75.3 Å². The number of rotatable bonds is 18. The van der Waals surface area contributed by atoms with Crippen molar-refractivity contribution >= 4 is 43.3 Å².